The molecule has 3 aliphatic rings. The van der Waals surface area contributed by atoms with Crippen molar-refractivity contribution in [3.8, 4) is 11.3 Å². The number of amides is 3. The van der Waals surface area contributed by atoms with Crippen LogP contribution >= 0.6 is 11.8 Å². The van der Waals surface area contributed by atoms with Gasteiger partial charge in [-0.05, 0) is 25.3 Å². The quantitative estimate of drug-likeness (QED) is 0.532. The molecule has 10 heteroatoms. The lowest BCUT2D eigenvalue weighted by molar-refractivity contribution is -0.121. The zero-order valence-corrected chi connectivity index (χ0v) is 19.0. The normalized spacial score (nSPS) is 25.1. The molecule has 6 rings (SSSR count). The van der Waals surface area contributed by atoms with Crippen LogP contribution in [-0.2, 0) is 4.79 Å². The van der Waals surface area contributed by atoms with Crippen molar-refractivity contribution < 1.29 is 9.59 Å². The summed E-state index contributed by atoms with van der Waals surface area (Å²) in [4.78, 5) is 41.3. The molecule has 9 nitrogen and oxygen atoms in total. The van der Waals surface area contributed by atoms with Crippen LogP contribution in [0, 0.1) is 0 Å². The maximum absolute atomic E-state index is 13.3. The average Bonchev–Trinajstić information content (AvgIpc) is 3.44. The number of hydrogen-bond donors (Lipinski definition) is 3. The van der Waals surface area contributed by atoms with Gasteiger partial charge in [-0.25, -0.2) is 24.6 Å². The van der Waals surface area contributed by atoms with Crippen LogP contribution in [0.25, 0.3) is 11.3 Å². The minimum Gasteiger partial charge on any atom is -0.351 e. The van der Waals surface area contributed by atoms with Crippen molar-refractivity contribution in [1.29, 1.82) is 0 Å². The standard InChI is InChI=1S/C24H23N7O2S/c25-14-7-4-8-15(14)29-22(32)21-20-19-17(9-10-26-23(19)34-21)31(24(33)30-20)18-11-16(27-12-28-18)13-5-2-1-3-6-13/h1-3,5-6,9-12,14-15,20-21H,4,7-8,25H2,(H,29,32)(H,30,33)/t14-,15+,20?,21?/m0/s1. The number of anilines is 2. The minimum absolute atomic E-state index is 0.0283. The molecule has 3 aromatic rings. The summed E-state index contributed by atoms with van der Waals surface area (Å²) in [5, 5.41) is 6.35. The SMILES string of the molecule is N[C@H]1CCC[C@H]1NC(=O)C1Sc2nccc3c2C1NC(=O)N3c1cc(-c2ccccc2)ncn1. The second-order valence-electron chi connectivity index (χ2n) is 8.69. The number of carbonyl (C=O) groups excluding carboxylic acids is 2. The Morgan fingerprint density at radius 3 is 2.79 bits per heavy atom. The number of thioether (sulfide) groups is 1. The molecular weight excluding hydrogens is 450 g/mol. The van der Waals surface area contributed by atoms with E-state index in [2.05, 4.69) is 25.6 Å². The number of hydrogen-bond acceptors (Lipinski definition) is 7. The molecule has 2 unspecified atom stereocenters. The van der Waals surface area contributed by atoms with Crippen LogP contribution in [0.1, 0.15) is 30.9 Å². The summed E-state index contributed by atoms with van der Waals surface area (Å²) < 4.78 is 0. The van der Waals surface area contributed by atoms with Crippen LogP contribution < -0.4 is 21.3 Å². The van der Waals surface area contributed by atoms with E-state index in [0.717, 1.165) is 35.4 Å². The van der Waals surface area contributed by atoms with Gasteiger partial charge in [0.2, 0.25) is 5.91 Å². The third-order valence-electron chi connectivity index (χ3n) is 6.61. The van der Waals surface area contributed by atoms with Crippen LogP contribution in [0.3, 0.4) is 0 Å². The van der Waals surface area contributed by atoms with Gasteiger partial charge < -0.3 is 16.4 Å². The molecule has 4 atom stereocenters. The van der Waals surface area contributed by atoms with Gasteiger partial charge >= 0.3 is 6.03 Å². The molecule has 0 saturated heterocycles. The van der Waals surface area contributed by atoms with E-state index in [1.807, 2.05) is 30.3 Å². The Bertz CT molecular complexity index is 1270. The predicted octanol–water partition coefficient (Wildman–Crippen LogP) is 2.91. The minimum atomic E-state index is -0.507. The van der Waals surface area contributed by atoms with Gasteiger partial charge in [-0.1, -0.05) is 42.1 Å². The molecule has 1 aromatic carbocycles. The summed E-state index contributed by atoms with van der Waals surface area (Å²) in [5.41, 5.74) is 9.31. The van der Waals surface area contributed by atoms with Crippen molar-refractivity contribution in [2.45, 2.75) is 47.7 Å². The molecule has 1 fully saturated rings. The first-order valence-electron chi connectivity index (χ1n) is 11.3. The Kier molecular flexibility index (Phi) is 5.19. The molecule has 1 aliphatic carbocycles. The first kappa shape index (κ1) is 21.1. The van der Waals surface area contributed by atoms with E-state index in [0.29, 0.717) is 17.2 Å². The third-order valence-corrected chi connectivity index (χ3v) is 7.90. The molecule has 4 heterocycles. The molecule has 1 saturated carbocycles. The van der Waals surface area contributed by atoms with Crippen molar-refractivity contribution in [3.63, 3.8) is 0 Å². The van der Waals surface area contributed by atoms with Crippen molar-refractivity contribution in [3.05, 3.63) is 60.6 Å². The number of carbonyl (C=O) groups is 2. The van der Waals surface area contributed by atoms with E-state index in [9.17, 15) is 9.59 Å². The highest BCUT2D eigenvalue weighted by molar-refractivity contribution is 8.01. The first-order chi connectivity index (χ1) is 16.6. The molecule has 2 aliphatic heterocycles. The van der Waals surface area contributed by atoms with Crippen molar-refractivity contribution in [2.24, 2.45) is 5.73 Å². The fraction of sp³-hybridized carbons (Fsp3) is 0.292. The fourth-order valence-electron chi connectivity index (χ4n) is 4.92. The molecule has 172 valence electrons. The summed E-state index contributed by atoms with van der Waals surface area (Å²) >= 11 is 1.38. The van der Waals surface area contributed by atoms with Crippen LogP contribution in [-0.4, -0.2) is 44.2 Å². The Morgan fingerprint density at radius 2 is 2.00 bits per heavy atom. The highest BCUT2D eigenvalue weighted by Crippen LogP contribution is 2.50. The number of nitrogens with zero attached hydrogens (tertiary/aromatic N) is 4. The van der Waals surface area contributed by atoms with E-state index in [1.165, 1.54) is 23.0 Å². The van der Waals surface area contributed by atoms with Crippen molar-refractivity contribution in [2.75, 3.05) is 4.90 Å². The number of pyridine rings is 1. The van der Waals surface area contributed by atoms with Crippen LogP contribution in [0.2, 0.25) is 0 Å². The van der Waals surface area contributed by atoms with Gasteiger partial charge in [-0.2, -0.15) is 0 Å². The number of rotatable bonds is 4. The van der Waals surface area contributed by atoms with Crippen molar-refractivity contribution >= 4 is 35.2 Å². The number of nitrogens with two attached hydrogens (primary N) is 1. The van der Waals surface area contributed by atoms with E-state index in [1.54, 1.807) is 18.3 Å². The second-order valence-corrected chi connectivity index (χ2v) is 9.82. The Hall–Kier alpha value is -3.50. The van der Waals surface area contributed by atoms with Crippen LogP contribution in [0.5, 0.6) is 0 Å². The maximum Gasteiger partial charge on any atom is 0.328 e. The summed E-state index contributed by atoms with van der Waals surface area (Å²) in [5.74, 6) is 0.330. The molecule has 0 spiro atoms. The van der Waals surface area contributed by atoms with E-state index in [-0.39, 0.29) is 24.0 Å². The molecule has 0 radical (unpaired) electrons. The van der Waals surface area contributed by atoms with Gasteiger partial charge in [-0.15, -0.1) is 0 Å². The Labute approximate surface area is 200 Å². The highest BCUT2D eigenvalue weighted by Gasteiger charge is 2.47. The number of nitrogens with one attached hydrogen (secondary N) is 2. The zero-order chi connectivity index (χ0) is 23.2. The van der Waals surface area contributed by atoms with Gasteiger partial charge in [-0.3, -0.25) is 4.79 Å². The van der Waals surface area contributed by atoms with Crippen LogP contribution in [0.4, 0.5) is 16.3 Å². The summed E-state index contributed by atoms with van der Waals surface area (Å²) in [6.45, 7) is 0. The van der Waals surface area contributed by atoms with E-state index < -0.39 is 11.3 Å². The summed E-state index contributed by atoms with van der Waals surface area (Å²) in [6.07, 6.45) is 5.91. The van der Waals surface area contributed by atoms with Gasteiger partial charge in [0.05, 0.1) is 17.4 Å². The van der Waals surface area contributed by atoms with E-state index in [4.69, 9.17) is 5.73 Å². The zero-order valence-electron chi connectivity index (χ0n) is 18.2. The maximum atomic E-state index is 13.3. The monoisotopic (exact) mass is 473 g/mol. The third kappa shape index (κ3) is 3.50. The molecule has 4 N–H and O–H groups in total. The Morgan fingerprint density at radius 1 is 1.15 bits per heavy atom. The number of urea groups is 1. The number of aromatic nitrogens is 3. The topological polar surface area (TPSA) is 126 Å². The fourth-order valence-corrected chi connectivity index (χ4v) is 6.16. The lowest BCUT2D eigenvalue weighted by Gasteiger charge is -2.33. The first-order valence-corrected chi connectivity index (χ1v) is 12.2. The largest absolute Gasteiger partial charge is 0.351 e. The van der Waals surface area contributed by atoms with E-state index >= 15 is 0 Å². The predicted molar refractivity (Wildman–Crippen MR) is 129 cm³/mol. The summed E-state index contributed by atoms with van der Waals surface area (Å²) in [7, 11) is 0. The van der Waals surface area contributed by atoms with Gasteiger partial charge in [0.1, 0.15) is 22.4 Å². The van der Waals surface area contributed by atoms with Crippen molar-refractivity contribution in [1.82, 2.24) is 25.6 Å². The lowest BCUT2D eigenvalue weighted by atomic mass is 10.00. The van der Waals surface area contributed by atoms with Gasteiger partial charge in [0.25, 0.3) is 0 Å². The van der Waals surface area contributed by atoms with Gasteiger partial charge in [0, 0.05) is 35.5 Å². The molecule has 0 bridgehead atoms. The number of benzene rings is 1. The molecule has 34 heavy (non-hydrogen) atoms. The lowest BCUT2D eigenvalue weighted by Crippen LogP contribution is -2.52. The highest BCUT2D eigenvalue weighted by atomic mass is 32.2. The molecule has 3 amide bonds. The Balaban J connectivity index is 1.33. The second kappa shape index (κ2) is 8.37. The smallest absolute Gasteiger partial charge is 0.328 e. The molecule has 2 aromatic heterocycles. The summed E-state index contributed by atoms with van der Waals surface area (Å²) in [6, 6.07) is 12.4. The van der Waals surface area contributed by atoms with Crippen LogP contribution in [0.15, 0.2) is 60.0 Å². The van der Waals surface area contributed by atoms with Gasteiger partial charge in [0.15, 0.2) is 0 Å². The average molecular weight is 474 g/mol. The molecular formula is C24H23N7O2S.